The molecule has 310 valence electrons. The molecule has 4 heterocycles. The van der Waals surface area contributed by atoms with Crippen molar-refractivity contribution in [2.24, 2.45) is 13.0 Å². The molecule has 2 atom stereocenters. The summed E-state index contributed by atoms with van der Waals surface area (Å²) in [6.07, 6.45) is 1.70. The van der Waals surface area contributed by atoms with Crippen molar-refractivity contribution >= 4 is 29.5 Å². The van der Waals surface area contributed by atoms with Gasteiger partial charge in [-0.3, -0.25) is 19.1 Å². The molecular weight excluding hydrogens is 754 g/mol. The molecule has 2 aromatic carbocycles. The zero-order valence-electron chi connectivity index (χ0n) is 33.8. The zero-order valence-corrected chi connectivity index (χ0v) is 33.8. The summed E-state index contributed by atoms with van der Waals surface area (Å²) in [5.41, 5.74) is 1.95. The minimum Gasteiger partial charge on any atom is -0.444 e. The van der Waals surface area contributed by atoms with Crippen LogP contribution in [0.1, 0.15) is 59.4 Å². The number of piperazine rings is 1. The normalized spacial score (nSPS) is 17.4. The Morgan fingerprint density at radius 1 is 0.931 bits per heavy atom. The number of amides is 4. The number of carbonyl (C=O) groups is 4. The number of piperidine rings is 1. The van der Waals surface area contributed by atoms with Crippen molar-refractivity contribution in [2.45, 2.75) is 59.3 Å². The molecule has 4 aromatic rings. The number of aryl methyl sites for hydroxylation is 2. The Labute approximate surface area is 335 Å². The molecule has 2 aromatic heterocycles. The molecule has 17 heteroatoms. The first-order valence-electron chi connectivity index (χ1n) is 19.2. The summed E-state index contributed by atoms with van der Waals surface area (Å²) in [4.78, 5) is 61.7. The first-order valence-corrected chi connectivity index (χ1v) is 19.2. The molecule has 0 aliphatic carbocycles. The lowest BCUT2D eigenvalue weighted by Crippen LogP contribution is -2.56. The third kappa shape index (κ3) is 8.89. The molecule has 2 unspecified atom stereocenters. The van der Waals surface area contributed by atoms with E-state index in [9.17, 15) is 24.3 Å². The van der Waals surface area contributed by atoms with Gasteiger partial charge in [0.05, 0.1) is 49.3 Å². The lowest BCUT2D eigenvalue weighted by atomic mass is 9.92. The number of anilines is 1. The number of benzene rings is 2. The van der Waals surface area contributed by atoms with Gasteiger partial charge >= 0.3 is 6.09 Å². The predicted octanol–water partition coefficient (Wildman–Crippen LogP) is 4.65. The lowest BCUT2D eigenvalue weighted by Gasteiger charge is -2.40. The van der Waals surface area contributed by atoms with E-state index in [-0.39, 0.29) is 41.0 Å². The maximum Gasteiger partial charge on any atom is 0.410 e. The van der Waals surface area contributed by atoms with Crippen molar-refractivity contribution in [3.05, 3.63) is 77.0 Å². The highest BCUT2D eigenvalue weighted by atomic mass is 19.2. The smallest absolute Gasteiger partial charge is 0.410 e. The Hall–Kier alpha value is -5.68. The second kappa shape index (κ2) is 17.0. The van der Waals surface area contributed by atoms with Crippen LogP contribution in [0.25, 0.3) is 22.4 Å². The van der Waals surface area contributed by atoms with Crippen LogP contribution in [-0.4, -0.2) is 128 Å². The fraction of sp³-hybridized carbons (Fsp3) is 0.463. The number of hydrogen-bond acceptors (Lipinski definition) is 9. The summed E-state index contributed by atoms with van der Waals surface area (Å²) in [6.45, 7) is 11.1. The van der Waals surface area contributed by atoms with E-state index in [0.717, 1.165) is 0 Å². The zero-order chi connectivity index (χ0) is 42.1. The number of carbonyl (C=O) groups excluding carboxylic acids is 4. The van der Waals surface area contributed by atoms with Gasteiger partial charge in [-0.1, -0.05) is 6.07 Å². The molecule has 2 aliphatic heterocycles. The number of methoxy groups -OCH3 is 1. The Kier molecular flexibility index (Phi) is 12.3. The minimum absolute atomic E-state index is 0.00311. The number of likely N-dealkylation sites (tertiary alicyclic amines) is 1. The van der Waals surface area contributed by atoms with Gasteiger partial charge in [0, 0.05) is 81.0 Å². The summed E-state index contributed by atoms with van der Waals surface area (Å²) in [5, 5.41) is 17.9. The highest BCUT2D eigenvalue weighted by Gasteiger charge is 2.39. The molecule has 2 N–H and O–H groups in total. The fourth-order valence-corrected chi connectivity index (χ4v) is 7.32. The third-order valence-corrected chi connectivity index (χ3v) is 10.5. The van der Waals surface area contributed by atoms with E-state index in [1.165, 1.54) is 34.8 Å². The summed E-state index contributed by atoms with van der Waals surface area (Å²) >= 11 is 0. The highest BCUT2D eigenvalue weighted by Crippen LogP contribution is 2.33. The number of β-amino-alcohol motifs (C(OH)–C–C–N with tert-alkyl or cyclic N) is 1. The van der Waals surface area contributed by atoms with Crippen molar-refractivity contribution in [2.75, 3.05) is 58.3 Å². The van der Waals surface area contributed by atoms with Crippen LogP contribution in [0.4, 0.5) is 19.3 Å². The second-order valence-electron chi connectivity index (χ2n) is 15.7. The van der Waals surface area contributed by atoms with Gasteiger partial charge in [-0.2, -0.15) is 5.10 Å². The maximum atomic E-state index is 15.6. The Morgan fingerprint density at radius 2 is 1.60 bits per heavy atom. The van der Waals surface area contributed by atoms with E-state index in [4.69, 9.17) is 9.47 Å². The van der Waals surface area contributed by atoms with Crippen molar-refractivity contribution in [3.8, 4) is 22.4 Å². The number of ether oxygens (including phenoxy) is 2. The van der Waals surface area contributed by atoms with Gasteiger partial charge in [0.15, 0.2) is 17.5 Å². The molecule has 0 saturated carbocycles. The van der Waals surface area contributed by atoms with E-state index in [0.29, 0.717) is 80.4 Å². The van der Waals surface area contributed by atoms with Gasteiger partial charge in [0.1, 0.15) is 5.60 Å². The van der Waals surface area contributed by atoms with Crippen molar-refractivity contribution < 1.29 is 42.5 Å². The van der Waals surface area contributed by atoms with E-state index in [2.05, 4.69) is 15.4 Å². The number of nitrogens with zero attached hydrogens (tertiary/aromatic N) is 7. The number of aliphatic hydroxyl groups is 1. The first-order chi connectivity index (χ1) is 27.5. The molecule has 2 aliphatic rings. The quantitative estimate of drug-likeness (QED) is 0.245. The Balaban J connectivity index is 1.05. The molecule has 4 amide bonds. The number of aromatic nitrogens is 4. The average molecular weight is 805 g/mol. The highest BCUT2D eigenvalue weighted by molar-refractivity contribution is 6.03. The van der Waals surface area contributed by atoms with Crippen LogP contribution in [0.2, 0.25) is 0 Å². The average Bonchev–Trinajstić information content (AvgIpc) is 3.75. The molecule has 0 spiro atoms. The van der Waals surface area contributed by atoms with Crippen LogP contribution < -0.4 is 5.32 Å². The Bertz CT molecular complexity index is 2210. The molecule has 2 saturated heterocycles. The number of hydrogen-bond donors (Lipinski definition) is 2. The molecule has 0 bridgehead atoms. The Morgan fingerprint density at radius 3 is 2.26 bits per heavy atom. The van der Waals surface area contributed by atoms with Crippen molar-refractivity contribution in [1.29, 1.82) is 0 Å². The SMILES string of the molecule is COCCn1cc(-c2ccc(-c3cnc(C(=O)Nc4ccc(C(=O)N5CCN(C(=O)C6CCN(C(=O)OC(C)(C)C)CC6O)CC5)c(C)c4)n3C)c(F)c2F)c(C)n1. The lowest BCUT2D eigenvalue weighted by molar-refractivity contribution is -0.143. The maximum absolute atomic E-state index is 15.6. The van der Waals surface area contributed by atoms with E-state index in [1.54, 1.807) is 80.6 Å². The fourth-order valence-electron chi connectivity index (χ4n) is 7.32. The van der Waals surface area contributed by atoms with Crippen LogP contribution in [0.5, 0.6) is 0 Å². The van der Waals surface area contributed by atoms with Gasteiger partial charge in [-0.25, -0.2) is 18.6 Å². The molecule has 58 heavy (non-hydrogen) atoms. The van der Waals surface area contributed by atoms with Gasteiger partial charge in [0.25, 0.3) is 11.8 Å². The molecule has 6 rings (SSSR count). The number of imidazole rings is 1. The molecule has 15 nitrogen and oxygen atoms in total. The molecular formula is C41H50F2N8O7. The van der Waals surface area contributed by atoms with Crippen molar-refractivity contribution in [3.63, 3.8) is 0 Å². The second-order valence-corrected chi connectivity index (χ2v) is 15.7. The number of rotatable bonds is 9. The van der Waals surface area contributed by atoms with E-state index in [1.807, 2.05) is 0 Å². The minimum atomic E-state index is -1.09. The molecule has 2 fully saturated rings. The number of aliphatic hydroxyl groups excluding tert-OH is 1. The summed E-state index contributed by atoms with van der Waals surface area (Å²) in [6, 6.07) is 7.79. The largest absolute Gasteiger partial charge is 0.444 e. The van der Waals surface area contributed by atoms with Crippen LogP contribution in [0.15, 0.2) is 42.7 Å². The van der Waals surface area contributed by atoms with E-state index < -0.39 is 41.3 Å². The summed E-state index contributed by atoms with van der Waals surface area (Å²) in [5.74, 6) is -3.85. The van der Waals surface area contributed by atoms with Gasteiger partial charge < -0.3 is 39.2 Å². The van der Waals surface area contributed by atoms with Crippen LogP contribution in [0, 0.1) is 31.4 Å². The third-order valence-electron chi connectivity index (χ3n) is 10.5. The van der Waals surface area contributed by atoms with Gasteiger partial charge in [-0.15, -0.1) is 0 Å². The molecule has 0 radical (unpaired) electrons. The standard InChI is InChI=1S/C41H50F2N8O7/c1-24-20-26(8-9-27(24)38(54)48-14-16-49(17-15-48)39(55)30-12-13-50(23-33(30)52)40(56)58-41(3,4)5)45-37(53)36-44-21-32(47(36)6)29-11-10-28(34(42)35(29)43)31-22-51(18-19-57-7)46-25(31)2/h8-11,20-22,30,33,52H,12-19,23H2,1-7H3,(H,45,53). The predicted molar refractivity (Wildman–Crippen MR) is 210 cm³/mol. The number of halogens is 2. The van der Waals surface area contributed by atoms with Gasteiger partial charge in [0.2, 0.25) is 5.91 Å². The van der Waals surface area contributed by atoms with Crippen LogP contribution in [-0.2, 0) is 27.9 Å². The summed E-state index contributed by atoms with van der Waals surface area (Å²) < 4.78 is 44.5. The van der Waals surface area contributed by atoms with Crippen molar-refractivity contribution in [1.82, 2.24) is 34.0 Å². The van der Waals surface area contributed by atoms with E-state index >= 15 is 8.78 Å². The van der Waals surface area contributed by atoms with Gasteiger partial charge in [-0.05, 0) is 70.9 Å². The summed E-state index contributed by atoms with van der Waals surface area (Å²) in [7, 11) is 3.10. The van der Waals surface area contributed by atoms with Crippen LogP contribution in [0.3, 0.4) is 0 Å². The monoisotopic (exact) mass is 804 g/mol. The van der Waals surface area contributed by atoms with Crippen LogP contribution >= 0.6 is 0 Å². The number of nitrogens with one attached hydrogen (secondary N) is 1. The first kappa shape index (κ1) is 41.9. The topological polar surface area (TPSA) is 164 Å².